The molecule has 4 saturated carbocycles. The van der Waals surface area contributed by atoms with Gasteiger partial charge >= 0.3 is 0 Å². The Morgan fingerprint density at radius 1 is 1.00 bits per heavy atom. The van der Waals surface area contributed by atoms with Crippen molar-refractivity contribution < 1.29 is 5.11 Å². The van der Waals surface area contributed by atoms with Gasteiger partial charge in [-0.15, -0.1) is 0 Å². The van der Waals surface area contributed by atoms with Gasteiger partial charge in [0.2, 0.25) is 0 Å². The average Bonchev–Trinajstić information content (AvgIpc) is 2.54. The molecule has 4 aliphatic carbocycles. The third kappa shape index (κ3) is 3.33. The Hall–Kier alpha value is -0.900. The van der Waals surface area contributed by atoms with Gasteiger partial charge in [-0.2, -0.15) is 0 Å². The van der Waals surface area contributed by atoms with E-state index in [-0.39, 0.29) is 6.04 Å². The van der Waals surface area contributed by atoms with Crippen molar-refractivity contribution in [1.29, 1.82) is 0 Å². The molecule has 0 saturated heterocycles. The third-order valence-corrected chi connectivity index (χ3v) is 6.60. The monoisotopic (exact) mass is 314 g/mol. The molecule has 0 radical (unpaired) electrons. The first-order valence-corrected chi connectivity index (χ1v) is 9.40. The Labute approximate surface area is 139 Å². The van der Waals surface area contributed by atoms with Crippen LogP contribution >= 0.6 is 0 Å². The van der Waals surface area contributed by atoms with Crippen LogP contribution in [0.4, 0.5) is 0 Å². The lowest BCUT2D eigenvalue weighted by molar-refractivity contribution is -0.0181. The molecule has 4 bridgehead atoms. The van der Waals surface area contributed by atoms with Crippen LogP contribution in [0, 0.1) is 23.7 Å². The van der Waals surface area contributed by atoms with Gasteiger partial charge in [0.1, 0.15) is 0 Å². The Morgan fingerprint density at radius 3 is 2.22 bits per heavy atom. The molecule has 0 aliphatic heterocycles. The average molecular weight is 314 g/mol. The SMILES string of the molecule is N[C@@H](Cc1ccccc1)[C@H](O)CNC1C2CC3CC(C2)CC1C3. The van der Waals surface area contributed by atoms with Crippen LogP contribution in [0.1, 0.15) is 37.7 Å². The maximum Gasteiger partial charge on any atom is 0.0818 e. The van der Waals surface area contributed by atoms with Crippen molar-refractivity contribution in [2.24, 2.45) is 29.4 Å². The van der Waals surface area contributed by atoms with E-state index in [1.807, 2.05) is 18.2 Å². The lowest BCUT2D eigenvalue weighted by Crippen LogP contribution is -2.56. The fraction of sp³-hybridized carbons (Fsp3) is 0.700. The number of aliphatic hydroxyl groups excluding tert-OH is 1. The van der Waals surface area contributed by atoms with Gasteiger partial charge in [0.05, 0.1) is 6.10 Å². The molecule has 4 aliphatic rings. The van der Waals surface area contributed by atoms with Gasteiger partial charge in [0.15, 0.2) is 0 Å². The smallest absolute Gasteiger partial charge is 0.0818 e. The largest absolute Gasteiger partial charge is 0.390 e. The number of benzene rings is 1. The van der Waals surface area contributed by atoms with E-state index >= 15 is 0 Å². The first-order valence-electron chi connectivity index (χ1n) is 9.40. The summed E-state index contributed by atoms with van der Waals surface area (Å²) in [6.45, 7) is 0.640. The van der Waals surface area contributed by atoms with Crippen LogP contribution in [0.25, 0.3) is 0 Å². The maximum atomic E-state index is 10.4. The molecule has 0 amide bonds. The molecule has 0 spiro atoms. The standard InChI is InChI=1S/C20H30N2O/c21-18(11-13-4-2-1-3-5-13)19(23)12-22-20-16-7-14-6-15(9-16)10-17(20)8-14/h1-5,14-20,22-23H,6-12,21H2/t14?,15?,16?,17?,18-,19+,20?/m0/s1. The molecular weight excluding hydrogens is 284 g/mol. The fourth-order valence-corrected chi connectivity index (χ4v) is 5.69. The third-order valence-electron chi connectivity index (χ3n) is 6.60. The normalized spacial score (nSPS) is 37.7. The van der Waals surface area contributed by atoms with E-state index in [2.05, 4.69) is 17.4 Å². The molecule has 126 valence electrons. The predicted octanol–water partition coefficient (Wildman–Crippen LogP) is 2.33. The van der Waals surface area contributed by atoms with E-state index in [0.29, 0.717) is 12.6 Å². The summed E-state index contributed by atoms with van der Waals surface area (Å²) in [7, 11) is 0. The summed E-state index contributed by atoms with van der Waals surface area (Å²) >= 11 is 0. The minimum absolute atomic E-state index is 0.193. The van der Waals surface area contributed by atoms with Crippen molar-refractivity contribution in [3.05, 3.63) is 35.9 Å². The number of hydrogen-bond donors (Lipinski definition) is 3. The van der Waals surface area contributed by atoms with Crippen molar-refractivity contribution in [3.63, 3.8) is 0 Å². The number of nitrogens with two attached hydrogens (primary N) is 1. The Kier molecular flexibility index (Phi) is 4.44. The molecule has 3 heteroatoms. The highest BCUT2D eigenvalue weighted by molar-refractivity contribution is 5.16. The van der Waals surface area contributed by atoms with E-state index in [4.69, 9.17) is 5.73 Å². The Bertz CT molecular complexity index is 490. The van der Waals surface area contributed by atoms with Gasteiger partial charge in [-0.25, -0.2) is 0 Å². The topological polar surface area (TPSA) is 58.3 Å². The summed E-state index contributed by atoms with van der Waals surface area (Å²) in [6, 6.07) is 10.7. The van der Waals surface area contributed by atoms with Gasteiger partial charge in [-0.3, -0.25) is 0 Å². The van der Waals surface area contributed by atoms with Crippen LogP contribution in [0.3, 0.4) is 0 Å². The molecule has 3 nitrogen and oxygen atoms in total. The van der Waals surface area contributed by atoms with Crippen molar-refractivity contribution in [3.8, 4) is 0 Å². The Morgan fingerprint density at radius 2 is 1.61 bits per heavy atom. The van der Waals surface area contributed by atoms with Gasteiger partial charge in [-0.1, -0.05) is 30.3 Å². The van der Waals surface area contributed by atoms with Crippen LogP contribution in [-0.2, 0) is 6.42 Å². The van der Waals surface area contributed by atoms with Gasteiger partial charge in [0.25, 0.3) is 0 Å². The zero-order valence-corrected chi connectivity index (χ0v) is 13.9. The molecule has 1 aromatic rings. The number of nitrogens with one attached hydrogen (secondary N) is 1. The van der Waals surface area contributed by atoms with Crippen LogP contribution < -0.4 is 11.1 Å². The molecule has 1 aromatic carbocycles. The maximum absolute atomic E-state index is 10.4. The zero-order chi connectivity index (χ0) is 15.8. The number of aliphatic hydroxyl groups is 1. The summed E-state index contributed by atoms with van der Waals surface area (Å²) in [5.41, 5.74) is 7.42. The van der Waals surface area contributed by atoms with Crippen molar-refractivity contribution in [1.82, 2.24) is 5.32 Å². The van der Waals surface area contributed by atoms with Crippen LogP contribution in [0.5, 0.6) is 0 Å². The molecule has 2 atom stereocenters. The summed E-state index contributed by atoms with van der Waals surface area (Å²) < 4.78 is 0. The minimum Gasteiger partial charge on any atom is -0.390 e. The molecule has 4 fully saturated rings. The summed E-state index contributed by atoms with van der Waals surface area (Å²) in [5.74, 6) is 3.70. The highest BCUT2D eigenvalue weighted by atomic mass is 16.3. The van der Waals surface area contributed by atoms with E-state index in [1.165, 1.54) is 37.7 Å². The minimum atomic E-state index is -0.465. The highest BCUT2D eigenvalue weighted by Crippen LogP contribution is 2.53. The van der Waals surface area contributed by atoms with E-state index in [1.54, 1.807) is 0 Å². The lowest BCUT2D eigenvalue weighted by atomic mass is 9.54. The van der Waals surface area contributed by atoms with Crippen molar-refractivity contribution in [2.45, 2.75) is 56.7 Å². The summed E-state index contributed by atoms with van der Waals surface area (Å²) in [4.78, 5) is 0. The highest BCUT2D eigenvalue weighted by Gasteiger charge is 2.47. The second kappa shape index (κ2) is 6.54. The summed E-state index contributed by atoms with van der Waals surface area (Å²) in [6.07, 6.45) is 7.42. The van der Waals surface area contributed by atoms with E-state index < -0.39 is 6.10 Å². The van der Waals surface area contributed by atoms with E-state index in [9.17, 15) is 5.11 Å². The predicted molar refractivity (Wildman–Crippen MR) is 93.0 cm³/mol. The molecule has 0 heterocycles. The number of hydrogen-bond acceptors (Lipinski definition) is 3. The Balaban J connectivity index is 1.29. The van der Waals surface area contributed by atoms with Crippen LogP contribution in [0.2, 0.25) is 0 Å². The van der Waals surface area contributed by atoms with Crippen LogP contribution in [-0.4, -0.2) is 29.8 Å². The first-order chi connectivity index (χ1) is 11.2. The molecule has 0 aromatic heterocycles. The molecule has 23 heavy (non-hydrogen) atoms. The second-order valence-corrected chi connectivity index (χ2v) is 8.29. The zero-order valence-electron chi connectivity index (χ0n) is 13.9. The fourth-order valence-electron chi connectivity index (χ4n) is 5.69. The molecule has 5 rings (SSSR count). The van der Waals surface area contributed by atoms with Crippen LogP contribution in [0.15, 0.2) is 30.3 Å². The molecular formula is C20H30N2O. The lowest BCUT2D eigenvalue weighted by Gasteiger charge is -2.54. The van der Waals surface area contributed by atoms with E-state index in [0.717, 1.165) is 30.1 Å². The van der Waals surface area contributed by atoms with Crippen molar-refractivity contribution >= 4 is 0 Å². The van der Waals surface area contributed by atoms with Gasteiger partial charge < -0.3 is 16.2 Å². The molecule has 4 N–H and O–H groups in total. The van der Waals surface area contributed by atoms with Crippen molar-refractivity contribution in [2.75, 3.05) is 6.54 Å². The second-order valence-electron chi connectivity index (χ2n) is 8.29. The molecule has 0 unspecified atom stereocenters. The van der Waals surface area contributed by atoms with Gasteiger partial charge in [-0.05, 0) is 67.8 Å². The first kappa shape index (κ1) is 15.6. The quantitative estimate of drug-likeness (QED) is 0.755. The summed E-state index contributed by atoms with van der Waals surface area (Å²) in [5, 5.41) is 14.1. The van der Waals surface area contributed by atoms with Gasteiger partial charge in [0, 0.05) is 18.6 Å². The number of rotatable bonds is 6.